The molecule has 3 heteroatoms. The molecule has 1 heterocycles. The zero-order valence-corrected chi connectivity index (χ0v) is 8.71. The van der Waals surface area contributed by atoms with Crippen molar-refractivity contribution in [3.63, 3.8) is 0 Å². The van der Waals surface area contributed by atoms with Gasteiger partial charge in [-0.2, -0.15) is 0 Å². The first-order valence-corrected chi connectivity index (χ1v) is 5.77. The molecule has 1 atom stereocenters. The highest BCUT2D eigenvalue weighted by atomic mass is 19.1. The van der Waals surface area contributed by atoms with Gasteiger partial charge in [0.15, 0.2) is 0 Å². The zero-order chi connectivity index (χ0) is 10.0. The molecule has 1 saturated heterocycles. The maximum Gasteiger partial charge on any atom is 0.114 e. The normalized spacial score (nSPS) is 33.4. The molecule has 1 N–H and O–H groups in total. The largest absolute Gasteiger partial charge is 0.389 e. The molecule has 0 bridgehead atoms. The van der Waals surface area contributed by atoms with Gasteiger partial charge >= 0.3 is 0 Å². The number of aliphatic hydroxyl groups is 1. The Bertz CT molecular complexity index is 192. The molecule has 2 nitrogen and oxygen atoms in total. The summed E-state index contributed by atoms with van der Waals surface area (Å²) < 4.78 is 12.9. The van der Waals surface area contributed by atoms with Crippen molar-refractivity contribution in [2.45, 2.75) is 50.3 Å². The molecule has 1 aliphatic heterocycles. The Labute approximate surface area is 85.1 Å². The van der Waals surface area contributed by atoms with Crippen LogP contribution in [0.3, 0.4) is 0 Å². The third-order valence-electron chi connectivity index (χ3n) is 3.52. The third kappa shape index (κ3) is 2.45. The van der Waals surface area contributed by atoms with Crippen molar-refractivity contribution in [3.05, 3.63) is 0 Å². The first-order chi connectivity index (χ1) is 6.68. The number of hydrogen-bond acceptors (Lipinski definition) is 2. The van der Waals surface area contributed by atoms with Crippen LogP contribution in [0.5, 0.6) is 0 Å². The Morgan fingerprint density at radius 3 is 2.57 bits per heavy atom. The lowest BCUT2D eigenvalue weighted by Crippen LogP contribution is -2.43. The fourth-order valence-electron chi connectivity index (χ4n) is 2.71. The Morgan fingerprint density at radius 1 is 1.29 bits per heavy atom. The Morgan fingerprint density at radius 2 is 2.00 bits per heavy atom. The second-order valence-electron chi connectivity index (χ2n) is 4.91. The van der Waals surface area contributed by atoms with E-state index in [1.54, 1.807) is 0 Å². The van der Waals surface area contributed by atoms with Crippen molar-refractivity contribution in [2.75, 3.05) is 19.6 Å². The molecule has 0 aromatic heterocycles. The maximum absolute atomic E-state index is 12.9. The second-order valence-corrected chi connectivity index (χ2v) is 4.91. The van der Waals surface area contributed by atoms with Crippen molar-refractivity contribution in [1.82, 2.24) is 4.90 Å². The molecule has 1 aliphatic carbocycles. The minimum Gasteiger partial charge on any atom is -0.389 e. The van der Waals surface area contributed by atoms with E-state index in [1.165, 1.54) is 6.42 Å². The molecule has 1 saturated carbocycles. The van der Waals surface area contributed by atoms with Gasteiger partial charge in [0.2, 0.25) is 0 Å². The lowest BCUT2D eigenvalue weighted by Gasteiger charge is -2.35. The fourth-order valence-corrected chi connectivity index (χ4v) is 2.71. The van der Waals surface area contributed by atoms with Crippen LogP contribution in [0.25, 0.3) is 0 Å². The summed E-state index contributed by atoms with van der Waals surface area (Å²) in [5, 5.41) is 10.3. The number of rotatable bonds is 2. The number of β-amino-alcohol motifs (C(OH)–C–C–N with tert-alkyl or cyclic N) is 1. The average Bonchev–Trinajstić information content (AvgIpc) is 2.51. The average molecular weight is 201 g/mol. The molecule has 0 aromatic rings. The number of alkyl halides is 1. The van der Waals surface area contributed by atoms with Crippen LogP contribution in [0, 0.1) is 0 Å². The summed E-state index contributed by atoms with van der Waals surface area (Å²) in [4.78, 5) is 2.08. The van der Waals surface area contributed by atoms with E-state index in [2.05, 4.69) is 4.90 Å². The van der Waals surface area contributed by atoms with Crippen LogP contribution in [0.1, 0.15) is 38.5 Å². The zero-order valence-electron chi connectivity index (χ0n) is 8.71. The molecule has 0 radical (unpaired) electrons. The van der Waals surface area contributed by atoms with Crippen LogP contribution in [0.4, 0.5) is 4.39 Å². The topological polar surface area (TPSA) is 23.5 Å². The molecule has 2 aliphatic rings. The van der Waals surface area contributed by atoms with E-state index in [0.717, 1.165) is 32.2 Å². The number of halogens is 1. The monoisotopic (exact) mass is 201 g/mol. The number of nitrogens with zero attached hydrogens (tertiary/aromatic N) is 1. The van der Waals surface area contributed by atoms with Crippen LogP contribution >= 0.6 is 0 Å². The third-order valence-corrected chi connectivity index (χ3v) is 3.52. The van der Waals surface area contributed by atoms with E-state index in [1.807, 2.05) is 0 Å². The number of likely N-dealkylation sites (tertiary alicyclic amines) is 1. The van der Waals surface area contributed by atoms with Gasteiger partial charge in [0.1, 0.15) is 6.17 Å². The smallest absolute Gasteiger partial charge is 0.114 e. The summed E-state index contributed by atoms with van der Waals surface area (Å²) in [6.45, 7) is 2.04. The standard InChI is InChI=1S/C11H20FNO/c12-10-4-7-13(8-10)9-11(14)5-2-1-3-6-11/h10,14H,1-9H2. The summed E-state index contributed by atoms with van der Waals surface area (Å²) in [6, 6.07) is 0. The van der Waals surface area contributed by atoms with Crippen molar-refractivity contribution in [1.29, 1.82) is 0 Å². The SMILES string of the molecule is OC1(CN2CCC(F)C2)CCCCC1. The van der Waals surface area contributed by atoms with E-state index in [4.69, 9.17) is 0 Å². The number of hydrogen-bond donors (Lipinski definition) is 1. The summed E-state index contributed by atoms with van der Waals surface area (Å²) in [5.41, 5.74) is -0.512. The van der Waals surface area contributed by atoms with Gasteiger partial charge in [-0.15, -0.1) is 0 Å². The fraction of sp³-hybridized carbons (Fsp3) is 1.00. The van der Waals surface area contributed by atoms with Crippen LogP contribution in [0.15, 0.2) is 0 Å². The van der Waals surface area contributed by atoms with Crippen LogP contribution in [-0.2, 0) is 0 Å². The maximum atomic E-state index is 12.9. The predicted molar refractivity (Wildman–Crippen MR) is 54.0 cm³/mol. The summed E-state index contributed by atoms with van der Waals surface area (Å²) in [5.74, 6) is 0. The molecule has 0 amide bonds. The van der Waals surface area contributed by atoms with Gasteiger partial charge in [-0.05, 0) is 19.3 Å². The molecule has 0 aromatic carbocycles. The van der Waals surface area contributed by atoms with Gasteiger partial charge in [0.25, 0.3) is 0 Å². The Hall–Kier alpha value is -0.150. The van der Waals surface area contributed by atoms with Crippen molar-refractivity contribution < 1.29 is 9.50 Å². The molecular formula is C11H20FNO. The van der Waals surface area contributed by atoms with Gasteiger partial charge in [-0.1, -0.05) is 19.3 Å². The molecule has 0 spiro atoms. The quantitative estimate of drug-likeness (QED) is 0.735. The highest BCUT2D eigenvalue weighted by Crippen LogP contribution is 2.29. The molecule has 82 valence electrons. The van der Waals surface area contributed by atoms with Crippen molar-refractivity contribution >= 4 is 0 Å². The van der Waals surface area contributed by atoms with Gasteiger partial charge in [0, 0.05) is 19.6 Å². The van der Waals surface area contributed by atoms with Gasteiger partial charge in [-0.3, -0.25) is 4.90 Å². The molecule has 14 heavy (non-hydrogen) atoms. The minimum absolute atomic E-state index is 0.512. The first kappa shape index (κ1) is 10.4. The summed E-state index contributed by atoms with van der Waals surface area (Å²) >= 11 is 0. The van der Waals surface area contributed by atoms with E-state index in [9.17, 15) is 9.50 Å². The van der Waals surface area contributed by atoms with E-state index < -0.39 is 11.8 Å². The second kappa shape index (κ2) is 4.15. The predicted octanol–water partition coefficient (Wildman–Crippen LogP) is 1.73. The highest BCUT2D eigenvalue weighted by Gasteiger charge is 2.33. The molecule has 2 rings (SSSR count). The van der Waals surface area contributed by atoms with Gasteiger partial charge in [-0.25, -0.2) is 4.39 Å². The molecule has 1 unspecified atom stereocenters. The van der Waals surface area contributed by atoms with Crippen LogP contribution in [0.2, 0.25) is 0 Å². The lowest BCUT2D eigenvalue weighted by atomic mass is 9.84. The van der Waals surface area contributed by atoms with Crippen molar-refractivity contribution in [2.24, 2.45) is 0 Å². The van der Waals surface area contributed by atoms with E-state index in [-0.39, 0.29) is 0 Å². The highest BCUT2D eigenvalue weighted by molar-refractivity contribution is 4.88. The van der Waals surface area contributed by atoms with E-state index in [0.29, 0.717) is 19.5 Å². The first-order valence-electron chi connectivity index (χ1n) is 5.77. The summed E-state index contributed by atoms with van der Waals surface area (Å²) in [6.07, 6.45) is 5.29. The molecular weight excluding hydrogens is 181 g/mol. The van der Waals surface area contributed by atoms with Crippen LogP contribution in [-0.4, -0.2) is 41.4 Å². The van der Waals surface area contributed by atoms with Gasteiger partial charge in [0.05, 0.1) is 5.60 Å². The Balaban J connectivity index is 1.83. The van der Waals surface area contributed by atoms with Gasteiger partial charge < -0.3 is 5.11 Å². The lowest BCUT2D eigenvalue weighted by molar-refractivity contribution is -0.0223. The van der Waals surface area contributed by atoms with Crippen LogP contribution < -0.4 is 0 Å². The Kier molecular flexibility index (Phi) is 3.07. The summed E-state index contributed by atoms with van der Waals surface area (Å²) in [7, 11) is 0. The van der Waals surface area contributed by atoms with E-state index >= 15 is 0 Å². The molecule has 2 fully saturated rings. The van der Waals surface area contributed by atoms with Crippen molar-refractivity contribution in [3.8, 4) is 0 Å². The minimum atomic E-state index is -0.665.